The number of methoxy groups -OCH3 is 2. The third-order valence-corrected chi connectivity index (χ3v) is 14.5. The number of nitrogens with one attached hydrogen (secondary N) is 3. The molecule has 6 heterocycles. The Morgan fingerprint density at radius 2 is 1.56 bits per heavy atom. The highest BCUT2D eigenvalue weighted by Gasteiger charge is 2.48. The van der Waals surface area contributed by atoms with E-state index in [2.05, 4.69) is 71.9 Å². The molecule has 0 saturated carbocycles. The second kappa shape index (κ2) is 17.2. The number of alkyl carbamates (subject to hydrolysis) is 2. The van der Waals surface area contributed by atoms with E-state index in [9.17, 15) is 19.2 Å². The zero-order valence-electron chi connectivity index (χ0n) is 37.8. The molecule has 15 nitrogen and oxygen atoms in total. The van der Waals surface area contributed by atoms with Crippen LogP contribution < -0.4 is 15.4 Å². The van der Waals surface area contributed by atoms with Gasteiger partial charge in [-0.3, -0.25) is 14.6 Å². The van der Waals surface area contributed by atoms with Crippen LogP contribution in [0.3, 0.4) is 0 Å². The zero-order valence-corrected chi connectivity index (χ0v) is 37.8. The van der Waals surface area contributed by atoms with Crippen LogP contribution in [0.1, 0.15) is 96.1 Å². The fourth-order valence-electron chi connectivity index (χ4n) is 10.7. The van der Waals surface area contributed by atoms with Crippen LogP contribution in [0.15, 0.2) is 53.7 Å². The SMILES string of the molecule is COC(=O)N[C@H](C(=O)N1[C@@H](C)CC[C@H]1C1=Nc2ccc3cc4c(cc3c2C1)OCc1cc(-c2cnc([C@@H]3CC[C@H](C)N3C(=O)[C@@H](NC(=O)OC)C3(C)CCOCC3)[nH]2)ccc1-4)C(C)C. The first-order valence-electron chi connectivity index (χ1n) is 22.7. The number of carbonyl (C=O) groups is 4. The van der Waals surface area contributed by atoms with E-state index in [1.807, 2.05) is 36.8 Å². The number of ether oxygens (including phenoxy) is 4. The average molecular weight is 874 g/mol. The van der Waals surface area contributed by atoms with E-state index < -0.39 is 29.7 Å². The second-order valence-corrected chi connectivity index (χ2v) is 18.8. The molecule has 3 fully saturated rings. The summed E-state index contributed by atoms with van der Waals surface area (Å²) in [5.41, 5.74) is 7.50. The first-order chi connectivity index (χ1) is 30.8. The van der Waals surface area contributed by atoms with Crippen LogP contribution in [-0.4, -0.2) is 107 Å². The lowest BCUT2D eigenvalue weighted by Gasteiger charge is -2.42. The Kier molecular flexibility index (Phi) is 11.6. The number of carbonyl (C=O) groups excluding carboxylic acids is 4. The van der Waals surface area contributed by atoms with Gasteiger partial charge >= 0.3 is 12.2 Å². The average Bonchev–Trinajstić information content (AvgIpc) is 4.12. The largest absolute Gasteiger partial charge is 0.488 e. The number of aromatic amines is 1. The van der Waals surface area contributed by atoms with Crippen LogP contribution in [0.25, 0.3) is 33.2 Å². The van der Waals surface area contributed by atoms with Crippen molar-refractivity contribution >= 4 is 46.2 Å². The maximum absolute atomic E-state index is 14.5. The van der Waals surface area contributed by atoms with E-state index in [1.54, 1.807) is 0 Å². The fourth-order valence-corrected chi connectivity index (χ4v) is 10.7. The van der Waals surface area contributed by atoms with Crippen molar-refractivity contribution in [2.24, 2.45) is 16.3 Å². The number of likely N-dealkylation sites (tertiary alicyclic amines) is 2. The highest BCUT2D eigenvalue weighted by Crippen LogP contribution is 2.46. The molecule has 3 aromatic carbocycles. The number of benzene rings is 3. The minimum absolute atomic E-state index is 0.0113. The fraction of sp³-hybridized carbons (Fsp3) is 0.510. The van der Waals surface area contributed by atoms with Crippen molar-refractivity contribution in [2.75, 3.05) is 27.4 Å². The minimum Gasteiger partial charge on any atom is -0.488 e. The van der Waals surface area contributed by atoms with E-state index in [0.717, 1.165) is 87.1 Å². The molecule has 0 bridgehead atoms. The summed E-state index contributed by atoms with van der Waals surface area (Å²) in [7, 11) is 2.62. The van der Waals surface area contributed by atoms with E-state index in [0.29, 0.717) is 44.9 Å². The van der Waals surface area contributed by atoms with Crippen molar-refractivity contribution in [1.82, 2.24) is 30.4 Å². The van der Waals surface area contributed by atoms with Gasteiger partial charge in [-0.1, -0.05) is 39.0 Å². The molecule has 1 aromatic heterocycles. The van der Waals surface area contributed by atoms with Gasteiger partial charge in [0.25, 0.3) is 0 Å². The molecule has 5 aliphatic heterocycles. The molecular weight excluding hydrogens is 815 g/mol. The van der Waals surface area contributed by atoms with Gasteiger partial charge < -0.3 is 44.4 Å². The number of fused-ring (bicyclic) bond motifs is 6. The number of H-pyrrole nitrogens is 1. The maximum atomic E-state index is 14.5. The third-order valence-electron chi connectivity index (χ3n) is 14.5. The molecule has 4 amide bonds. The normalized spacial score (nSPS) is 23.1. The van der Waals surface area contributed by atoms with Crippen molar-refractivity contribution in [2.45, 2.75) is 122 Å². The Hall–Kier alpha value is -5.96. The van der Waals surface area contributed by atoms with Gasteiger partial charge in [0.1, 0.15) is 30.3 Å². The van der Waals surface area contributed by atoms with Crippen molar-refractivity contribution < 1.29 is 38.1 Å². The molecule has 4 aromatic rings. The summed E-state index contributed by atoms with van der Waals surface area (Å²) in [6.07, 6.45) is 5.73. The first kappa shape index (κ1) is 43.3. The number of rotatable bonds is 9. The lowest BCUT2D eigenvalue weighted by molar-refractivity contribution is -0.141. The molecule has 0 aliphatic carbocycles. The third kappa shape index (κ3) is 7.75. The number of hydrogen-bond acceptors (Lipinski definition) is 10. The molecule has 3 N–H and O–H groups in total. The topological polar surface area (TPSA) is 177 Å². The van der Waals surface area contributed by atoms with Crippen molar-refractivity contribution in [3.8, 4) is 28.1 Å². The zero-order chi connectivity index (χ0) is 45.0. The molecule has 0 spiro atoms. The highest BCUT2D eigenvalue weighted by molar-refractivity contribution is 6.06. The minimum atomic E-state index is -0.764. The monoisotopic (exact) mass is 873 g/mol. The Balaban J connectivity index is 0.937. The number of nitrogens with zero attached hydrogens (tertiary/aromatic N) is 4. The van der Waals surface area contributed by atoms with E-state index in [4.69, 9.17) is 28.9 Å². The molecular formula is C49H59N7O8. The van der Waals surface area contributed by atoms with Crippen molar-refractivity contribution in [3.63, 3.8) is 0 Å². The van der Waals surface area contributed by atoms with Crippen molar-refractivity contribution in [1.29, 1.82) is 0 Å². The van der Waals surface area contributed by atoms with E-state index >= 15 is 0 Å². The van der Waals surface area contributed by atoms with E-state index in [-0.39, 0.29) is 41.9 Å². The number of aromatic nitrogens is 2. The van der Waals surface area contributed by atoms with Crippen LogP contribution >= 0.6 is 0 Å². The lowest BCUT2D eigenvalue weighted by atomic mass is 9.75. The summed E-state index contributed by atoms with van der Waals surface area (Å²) in [5.74, 6) is 1.16. The predicted octanol–water partition coefficient (Wildman–Crippen LogP) is 7.77. The highest BCUT2D eigenvalue weighted by atomic mass is 16.5. The number of amides is 4. The molecule has 0 radical (unpaired) electrons. The van der Waals surface area contributed by atoms with Crippen LogP contribution in [0, 0.1) is 11.3 Å². The molecule has 9 rings (SSSR count). The Bertz CT molecular complexity index is 2530. The molecule has 5 aliphatic rings. The molecule has 64 heavy (non-hydrogen) atoms. The van der Waals surface area contributed by atoms with Gasteiger partial charge in [0, 0.05) is 48.4 Å². The van der Waals surface area contributed by atoms with Gasteiger partial charge in [0.05, 0.1) is 43.9 Å². The first-order valence-corrected chi connectivity index (χ1v) is 22.7. The lowest BCUT2D eigenvalue weighted by Crippen LogP contribution is -2.58. The van der Waals surface area contributed by atoms with E-state index in [1.165, 1.54) is 14.2 Å². The van der Waals surface area contributed by atoms with Gasteiger partial charge in [0.2, 0.25) is 11.8 Å². The standard InChI is InChI=1S/C49H59N7O8/c1-26(2)42(53-47(59)61-6)45(57)55-27(3)8-14-39(55)37-22-34-33-23-41-35(21-29(33)11-13-36(34)51-37)32-12-10-30(20-31(32)25-64-41)38-24-50-44(52-38)40-15-9-28(4)56(40)46(58)43(54-48(60)62-7)49(5)16-18-63-19-17-49/h10-13,20-21,23-24,26-28,39-40,42-43H,8-9,14-19,22,25H2,1-7H3,(H,50,52)(H,53,59)(H,54,60)/t27-,28-,39-,40-,42-,43+/m0/s1. The number of imidazole rings is 1. The van der Waals surface area contributed by atoms with Crippen LogP contribution in [0.4, 0.5) is 15.3 Å². The molecule has 15 heteroatoms. The van der Waals surface area contributed by atoms with Gasteiger partial charge in [-0.2, -0.15) is 0 Å². The maximum Gasteiger partial charge on any atom is 0.407 e. The van der Waals surface area contributed by atoms with Crippen LogP contribution in [0.5, 0.6) is 5.75 Å². The Labute approximate surface area is 373 Å². The van der Waals surface area contributed by atoms with Crippen LogP contribution in [0.2, 0.25) is 0 Å². The molecule has 6 atom stereocenters. The predicted molar refractivity (Wildman–Crippen MR) is 241 cm³/mol. The van der Waals surface area contributed by atoms with Crippen LogP contribution in [-0.2, 0) is 36.8 Å². The number of aliphatic imine (C=N–C) groups is 1. The quantitative estimate of drug-likeness (QED) is 0.152. The number of hydrogen-bond donors (Lipinski definition) is 3. The Morgan fingerprint density at radius 1 is 0.859 bits per heavy atom. The molecule has 0 unspecified atom stereocenters. The van der Waals surface area contributed by atoms with Crippen molar-refractivity contribution in [3.05, 3.63) is 65.6 Å². The summed E-state index contributed by atoms with van der Waals surface area (Å²) in [5, 5.41) is 7.81. The summed E-state index contributed by atoms with van der Waals surface area (Å²) in [4.78, 5) is 70.6. The Morgan fingerprint density at radius 3 is 2.28 bits per heavy atom. The smallest absolute Gasteiger partial charge is 0.407 e. The van der Waals surface area contributed by atoms with Gasteiger partial charge in [-0.15, -0.1) is 0 Å². The summed E-state index contributed by atoms with van der Waals surface area (Å²) >= 11 is 0. The van der Waals surface area contributed by atoms with Gasteiger partial charge in [-0.25, -0.2) is 14.6 Å². The van der Waals surface area contributed by atoms with Gasteiger partial charge in [0.15, 0.2) is 0 Å². The van der Waals surface area contributed by atoms with Gasteiger partial charge in [-0.05, 0) is 116 Å². The molecule has 338 valence electrons. The summed E-state index contributed by atoms with van der Waals surface area (Å²) in [6, 6.07) is 13.0. The second-order valence-electron chi connectivity index (χ2n) is 18.8. The molecule has 3 saturated heterocycles. The summed E-state index contributed by atoms with van der Waals surface area (Å²) in [6.45, 7) is 11.5. The summed E-state index contributed by atoms with van der Waals surface area (Å²) < 4.78 is 21.9.